The number of anilines is 1. The second kappa shape index (κ2) is 5.44. The first-order valence-corrected chi connectivity index (χ1v) is 8.45. The van der Waals surface area contributed by atoms with Gasteiger partial charge in [-0.05, 0) is 26.7 Å². The van der Waals surface area contributed by atoms with E-state index in [4.69, 9.17) is 9.62 Å². The second-order valence-electron chi connectivity index (χ2n) is 7.11. The average molecular weight is 329 g/mol. The van der Waals surface area contributed by atoms with Crippen molar-refractivity contribution in [2.24, 2.45) is 0 Å². The van der Waals surface area contributed by atoms with Gasteiger partial charge in [0.1, 0.15) is 11.6 Å². The summed E-state index contributed by atoms with van der Waals surface area (Å²) in [6.07, 6.45) is 2.39. The highest BCUT2D eigenvalue weighted by atomic mass is 16.5. The molecule has 1 saturated heterocycles. The molecule has 0 atom stereocenters. The number of nitrogens with zero attached hydrogens (tertiary/aromatic N) is 5. The highest BCUT2D eigenvalue weighted by molar-refractivity contribution is 5.94. The van der Waals surface area contributed by atoms with Crippen LogP contribution in [0.1, 0.15) is 36.4 Å². The van der Waals surface area contributed by atoms with Crippen LogP contribution in [0.15, 0.2) is 16.7 Å². The summed E-state index contributed by atoms with van der Waals surface area (Å²) >= 11 is 0. The molecule has 7 heteroatoms. The van der Waals surface area contributed by atoms with Gasteiger partial charge in [0.2, 0.25) is 5.91 Å². The Morgan fingerprint density at radius 1 is 1.25 bits per heavy atom. The van der Waals surface area contributed by atoms with Crippen LogP contribution in [0.25, 0.3) is 0 Å². The molecular weight excluding hydrogens is 306 g/mol. The molecule has 1 amide bonds. The quantitative estimate of drug-likeness (QED) is 0.841. The lowest BCUT2D eigenvalue weighted by atomic mass is 9.82. The van der Waals surface area contributed by atoms with Crippen molar-refractivity contribution in [3.8, 4) is 0 Å². The van der Waals surface area contributed by atoms with Crippen LogP contribution in [0, 0.1) is 13.8 Å². The maximum atomic E-state index is 12.5. The van der Waals surface area contributed by atoms with Gasteiger partial charge in [-0.1, -0.05) is 5.16 Å². The van der Waals surface area contributed by atoms with Crippen LogP contribution in [0.5, 0.6) is 0 Å². The van der Waals surface area contributed by atoms with Crippen LogP contribution in [-0.2, 0) is 16.9 Å². The minimum atomic E-state index is -0.177. The molecule has 7 nitrogen and oxygen atoms in total. The SMILES string of the molecule is Cc1cc2n(n1)C1(CCN(Cc3cc(C)on3)CC1)CC(=O)N2C. The zero-order valence-electron chi connectivity index (χ0n) is 14.4. The minimum Gasteiger partial charge on any atom is -0.361 e. The van der Waals surface area contributed by atoms with E-state index in [9.17, 15) is 4.79 Å². The van der Waals surface area contributed by atoms with Crippen molar-refractivity contribution in [1.82, 2.24) is 19.8 Å². The largest absolute Gasteiger partial charge is 0.361 e. The number of piperidine rings is 1. The summed E-state index contributed by atoms with van der Waals surface area (Å²) in [6, 6.07) is 3.99. The highest BCUT2D eigenvalue weighted by Gasteiger charge is 2.45. The Morgan fingerprint density at radius 3 is 2.67 bits per heavy atom. The van der Waals surface area contributed by atoms with Crippen molar-refractivity contribution in [1.29, 1.82) is 0 Å². The third-order valence-electron chi connectivity index (χ3n) is 5.31. The standard InChI is InChI=1S/C17H23N5O2/c1-12-8-15-20(3)16(23)10-17(22(15)18-12)4-6-21(7-5-17)11-14-9-13(2)24-19-14/h8-9H,4-7,10-11H2,1-3H3. The molecule has 128 valence electrons. The molecule has 2 aliphatic rings. The Hall–Kier alpha value is -2.15. The van der Waals surface area contributed by atoms with Crippen LogP contribution < -0.4 is 4.90 Å². The van der Waals surface area contributed by atoms with Gasteiger partial charge in [-0.15, -0.1) is 0 Å². The predicted octanol–water partition coefficient (Wildman–Crippen LogP) is 1.85. The number of aromatic nitrogens is 3. The lowest BCUT2D eigenvalue weighted by Gasteiger charge is -2.45. The fraction of sp³-hybridized carbons (Fsp3) is 0.588. The Balaban J connectivity index is 1.53. The fourth-order valence-corrected chi connectivity index (χ4v) is 3.91. The number of likely N-dealkylation sites (tertiary alicyclic amines) is 1. The maximum absolute atomic E-state index is 12.5. The fourth-order valence-electron chi connectivity index (χ4n) is 3.91. The first kappa shape index (κ1) is 15.4. The molecule has 24 heavy (non-hydrogen) atoms. The van der Waals surface area contributed by atoms with Gasteiger partial charge in [-0.25, -0.2) is 4.68 Å². The van der Waals surface area contributed by atoms with Gasteiger partial charge in [-0.2, -0.15) is 5.10 Å². The van der Waals surface area contributed by atoms with E-state index in [-0.39, 0.29) is 11.4 Å². The van der Waals surface area contributed by atoms with E-state index in [1.807, 2.05) is 33.0 Å². The number of carbonyl (C=O) groups is 1. The Labute approximate surface area is 141 Å². The molecule has 0 aromatic carbocycles. The van der Waals surface area contributed by atoms with E-state index in [0.29, 0.717) is 6.42 Å². The Kier molecular flexibility index (Phi) is 3.49. The van der Waals surface area contributed by atoms with E-state index < -0.39 is 0 Å². The molecule has 2 aromatic rings. The summed E-state index contributed by atoms with van der Waals surface area (Å²) in [5, 5.41) is 8.78. The molecule has 2 aliphatic heterocycles. The molecular formula is C17H23N5O2. The molecule has 0 saturated carbocycles. The summed E-state index contributed by atoms with van der Waals surface area (Å²) < 4.78 is 7.25. The third kappa shape index (κ3) is 2.43. The van der Waals surface area contributed by atoms with Gasteiger partial charge in [0.25, 0.3) is 0 Å². The van der Waals surface area contributed by atoms with Gasteiger partial charge >= 0.3 is 0 Å². The van der Waals surface area contributed by atoms with Crippen LogP contribution >= 0.6 is 0 Å². The topological polar surface area (TPSA) is 67.4 Å². The van der Waals surface area contributed by atoms with Crippen molar-refractivity contribution >= 4 is 11.7 Å². The van der Waals surface area contributed by atoms with Gasteiger partial charge in [0.05, 0.1) is 23.3 Å². The summed E-state index contributed by atoms with van der Waals surface area (Å²) in [6.45, 7) is 6.56. The second-order valence-corrected chi connectivity index (χ2v) is 7.11. The summed E-state index contributed by atoms with van der Waals surface area (Å²) in [7, 11) is 1.84. The molecule has 4 rings (SSSR count). The first-order chi connectivity index (χ1) is 11.5. The van der Waals surface area contributed by atoms with Gasteiger partial charge < -0.3 is 9.42 Å². The zero-order chi connectivity index (χ0) is 16.9. The van der Waals surface area contributed by atoms with Gasteiger partial charge in [0, 0.05) is 38.8 Å². The average Bonchev–Trinajstić information content (AvgIpc) is 3.14. The third-order valence-corrected chi connectivity index (χ3v) is 5.31. The molecule has 0 unspecified atom stereocenters. The number of amides is 1. The number of rotatable bonds is 2. The molecule has 1 fully saturated rings. The molecule has 0 aliphatic carbocycles. The Bertz CT molecular complexity index is 770. The normalized spacial score (nSPS) is 20.6. The molecule has 0 bridgehead atoms. The lowest BCUT2D eigenvalue weighted by Crippen LogP contribution is -2.53. The number of hydrogen-bond acceptors (Lipinski definition) is 5. The lowest BCUT2D eigenvalue weighted by molar-refractivity contribution is -0.122. The molecule has 0 N–H and O–H groups in total. The molecule has 1 spiro atoms. The first-order valence-electron chi connectivity index (χ1n) is 8.45. The van der Waals surface area contributed by atoms with Crippen LogP contribution in [0.3, 0.4) is 0 Å². The van der Waals surface area contributed by atoms with E-state index in [0.717, 1.165) is 55.4 Å². The number of hydrogen-bond donors (Lipinski definition) is 0. The van der Waals surface area contributed by atoms with Crippen molar-refractivity contribution in [3.05, 3.63) is 29.3 Å². The van der Waals surface area contributed by atoms with Crippen molar-refractivity contribution in [2.45, 2.75) is 45.2 Å². The van der Waals surface area contributed by atoms with Gasteiger partial charge in [-0.3, -0.25) is 9.69 Å². The molecule has 4 heterocycles. The zero-order valence-corrected chi connectivity index (χ0v) is 14.4. The molecule has 0 radical (unpaired) electrons. The predicted molar refractivity (Wildman–Crippen MR) is 88.7 cm³/mol. The molecule has 2 aromatic heterocycles. The Morgan fingerprint density at radius 2 is 2.00 bits per heavy atom. The summed E-state index contributed by atoms with van der Waals surface area (Å²) in [5.41, 5.74) is 1.76. The van der Waals surface area contributed by atoms with Crippen molar-refractivity contribution in [3.63, 3.8) is 0 Å². The number of aryl methyl sites for hydroxylation is 2. The van der Waals surface area contributed by atoms with E-state index in [1.165, 1.54) is 0 Å². The van der Waals surface area contributed by atoms with Crippen LogP contribution in [0.4, 0.5) is 5.82 Å². The maximum Gasteiger partial charge on any atom is 0.230 e. The number of fused-ring (bicyclic) bond motifs is 2. The monoisotopic (exact) mass is 329 g/mol. The smallest absolute Gasteiger partial charge is 0.230 e. The van der Waals surface area contributed by atoms with E-state index in [2.05, 4.69) is 14.7 Å². The van der Waals surface area contributed by atoms with Crippen molar-refractivity contribution in [2.75, 3.05) is 25.0 Å². The van der Waals surface area contributed by atoms with E-state index in [1.54, 1.807) is 4.90 Å². The van der Waals surface area contributed by atoms with Crippen LogP contribution in [0.2, 0.25) is 0 Å². The summed E-state index contributed by atoms with van der Waals surface area (Å²) in [5.74, 6) is 1.95. The highest BCUT2D eigenvalue weighted by Crippen LogP contribution is 2.41. The van der Waals surface area contributed by atoms with Crippen molar-refractivity contribution < 1.29 is 9.32 Å². The van der Waals surface area contributed by atoms with E-state index >= 15 is 0 Å². The van der Waals surface area contributed by atoms with Crippen LogP contribution in [-0.4, -0.2) is 45.9 Å². The minimum absolute atomic E-state index is 0.177. The summed E-state index contributed by atoms with van der Waals surface area (Å²) in [4.78, 5) is 16.6. The van der Waals surface area contributed by atoms with Gasteiger partial charge in [0.15, 0.2) is 0 Å². The number of carbonyl (C=O) groups excluding carboxylic acids is 1.